The van der Waals surface area contributed by atoms with Crippen LogP contribution in [0.25, 0.3) is 0 Å². The number of sulfonamides is 1. The van der Waals surface area contributed by atoms with Gasteiger partial charge < -0.3 is 15.2 Å². The minimum absolute atomic E-state index is 0.111. The van der Waals surface area contributed by atoms with Gasteiger partial charge in [0.1, 0.15) is 5.75 Å². The number of nitrogens with two attached hydrogens (primary N) is 1. The number of hydrogen-bond acceptors (Lipinski definition) is 5. The first-order valence-corrected chi connectivity index (χ1v) is 7.00. The van der Waals surface area contributed by atoms with Crippen molar-refractivity contribution in [3.63, 3.8) is 0 Å². The van der Waals surface area contributed by atoms with Crippen LogP contribution in [-0.2, 0) is 14.8 Å². The van der Waals surface area contributed by atoms with Crippen molar-refractivity contribution in [1.29, 1.82) is 0 Å². The molecule has 0 radical (unpaired) electrons. The molecule has 6 nitrogen and oxygen atoms in total. The molecule has 18 heavy (non-hydrogen) atoms. The molecule has 0 amide bonds. The molecule has 102 valence electrons. The predicted octanol–water partition coefficient (Wildman–Crippen LogP) is 0.592. The van der Waals surface area contributed by atoms with Crippen molar-refractivity contribution < 1.29 is 17.9 Å². The number of hydrogen-bond donors (Lipinski definition) is 2. The molecule has 0 saturated carbocycles. The highest BCUT2D eigenvalue weighted by Gasteiger charge is 2.15. The van der Waals surface area contributed by atoms with E-state index in [-0.39, 0.29) is 11.4 Å². The third-order valence-electron chi connectivity index (χ3n) is 2.19. The number of nitrogen functional groups attached to an aromatic ring is 1. The van der Waals surface area contributed by atoms with Crippen molar-refractivity contribution in [1.82, 2.24) is 4.72 Å². The lowest BCUT2D eigenvalue weighted by atomic mass is 10.3. The van der Waals surface area contributed by atoms with Crippen LogP contribution in [0.1, 0.15) is 6.92 Å². The van der Waals surface area contributed by atoms with Gasteiger partial charge in [-0.3, -0.25) is 0 Å². The largest absolute Gasteiger partial charge is 0.492 e. The zero-order valence-electron chi connectivity index (χ0n) is 10.5. The fraction of sp³-hybridized carbons (Fsp3) is 0.455. The van der Waals surface area contributed by atoms with E-state index in [1.54, 1.807) is 6.07 Å². The predicted molar refractivity (Wildman–Crippen MR) is 69.1 cm³/mol. The topological polar surface area (TPSA) is 90.7 Å². The van der Waals surface area contributed by atoms with Gasteiger partial charge in [-0.15, -0.1) is 0 Å². The number of methoxy groups -OCH3 is 1. The maximum absolute atomic E-state index is 11.9. The third-order valence-corrected chi connectivity index (χ3v) is 3.65. The first-order valence-electron chi connectivity index (χ1n) is 5.52. The molecule has 0 saturated heterocycles. The molecular weight excluding hydrogens is 256 g/mol. The van der Waals surface area contributed by atoms with Gasteiger partial charge in [0.25, 0.3) is 0 Å². The molecule has 7 heteroatoms. The summed E-state index contributed by atoms with van der Waals surface area (Å²) in [5, 5.41) is 0. The van der Waals surface area contributed by atoms with Gasteiger partial charge in [-0.05, 0) is 25.1 Å². The molecule has 0 aliphatic rings. The Kier molecular flexibility index (Phi) is 5.39. The third kappa shape index (κ3) is 3.86. The summed E-state index contributed by atoms with van der Waals surface area (Å²) in [5.41, 5.74) is 6.01. The zero-order valence-corrected chi connectivity index (χ0v) is 11.3. The molecule has 0 aliphatic carbocycles. The molecule has 0 heterocycles. The summed E-state index contributed by atoms with van der Waals surface area (Å²) in [5.74, 6) is 0.480. The lowest BCUT2D eigenvalue weighted by molar-refractivity contribution is 0.204. The fourth-order valence-electron chi connectivity index (χ4n) is 1.34. The van der Waals surface area contributed by atoms with Crippen LogP contribution >= 0.6 is 0 Å². The van der Waals surface area contributed by atoms with E-state index in [0.717, 1.165) is 0 Å². The van der Waals surface area contributed by atoms with Gasteiger partial charge in [-0.1, -0.05) is 0 Å². The van der Waals surface area contributed by atoms with Gasteiger partial charge in [0.2, 0.25) is 10.0 Å². The highest BCUT2D eigenvalue weighted by molar-refractivity contribution is 7.89. The highest BCUT2D eigenvalue weighted by Crippen LogP contribution is 2.24. The van der Waals surface area contributed by atoms with Crippen LogP contribution in [0.3, 0.4) is 0 Å². The Morgan fingerprint density at radius 1 is 1.39 bits per heavy atom. The van der Waals surface area contributed by atoms with E-state index in [1.807, 2.05) is 6.92 Å². The van der Waals surface area contributed by atoms with Crippen molar-refractivity contribution in [3.05, 3.63) is 18.2 Å². The van der Waals surface area contributed by atoms with Crippen LogP contribution in [0.5, 0.6) is 5.75 Å². The molecule has 0 bridgehead atoms. The Balaban J connectivity index is 2.86. The van der Waals surface area contributed by atoms with E-state index in [2.05, 4.69) is 4.72 Å². The zero-order chi connectivity index (χ0) is 13.6. The first-order chi connectivity index (χ1) is 8.51. The summed E-state index contributed by atoms with van der Waals surface area (Å²) in [6, 6.07) is 4.38. The van der Waals surface area contributed by atoms with Crippen LogP contribution in [0.4, 0.5) is 5.69 Å². The molecular formula is C11H18N2O4S. The Hall–Kier alpha value is -1.31. The summed E-state index contributed by atoms with van der Waals surface area (Å²) in [6.07, 6.45) is 0. The van der Waals surface area contributed by atoms with Crippen molar-refractivity contribution in [2.75, 3.05) is 32.6 Å². The minimum atomic E-state index is -3.55. The second-order valence-corrected chi connectivity index (χ2v) is 5.29. The van der Waals surface area contributed by atoms with Crippen LogP contribution < -0.4 is 15.2 Å². The average molecular weight is 274 g/mol. The Bertz CT molecular complexity index is 488. The summed E-state index contributed by atoms with van der Waals surface area (Å²) >= 11 is 0. The second kappa shape index (κ2) is 6.58. The maximum atomic E-state index is 11.9. The van der Waals surface area contributed by atoms with Gasteiger partial charge in [0.15, 0.2) is 0 Å². The van der Waals surface area contributed by atoms with Gasteiger partial charge in [0.05, 0.1) is 23.8 Å². The lowest BCUT2D eigenvalue weighted by Crippen LogP contribution is -2.27. The summed E-state index contributed by atoms with van der Waals surface area (Å²) in [6.45, 7) is 2.83. The Labute approximate surface area is 107 Å². The molecule has 1 rings (SSSR count). The standard InChI is InChI=1S/C11H18N2O4S/c1-3-17-11-5-4-9(8-10(11)12)18(14,15)13-6-7-16-2/h4-5,8,13H,3,6-7,12H2,1-2H3. The number of anilines is 1. The Morgan fingerprint density at radius 2 is 2.11 bits per heavy atom. The Morgan fingerprint density at radius 3 is 2.67 bits per heavy atom. The van der Waals surface area contributed by atoms with Crippen molar-refractivity contribution in [2.24, 2.45) is 0 Å². The molecule has 1 aromatic carbocycles. The normalized spacial score (nSPS) is 11.4. The number of rotatable bonds is 7. The SMILES string of the molecule is CCOc1ccc(S(=O)(=O)NCCOC)cc1N. The smallest absolute Gasteiger partial charge is 0.240 e. The van der Waals surface area contributed by atoms with E-state index in [1.165, 1.54) is 19.2 Å². The van der Waals surface area contributed by atoms with Crippen LogP contribution in [0, 0.1) is 0 Å². The van der Waals surface area contributed by atoms with E-state index < -0.39 is 10.0 Å². The van der Waals surface area contributed by atoms with Crippen molar-refractivity contribution >= 4 is 15.7 Å². The fourth-order valence-corrected chi connectivity index (χ4v) is 2.39. The van der Waals surface area contributed by atoms with Crippen molar-refractivity contribution in [3.8, 4) is 5.75 Å². The van der Waals surface area contributed by atoms with Crippen LogP contribution in [-0.4, -0.2) is 35.3 Å². The first kappa shape index (κ1) is 14.7. The second-order valence-electron chi connectivity index (χ2n) is 3.52. The number of benzene rings is 1. The molecule has 0 aromatic heterocycles. The number of nitrogens with one attached hydrogen (secondary N) is 1. The van der Waals surface area contributed by atoms with Gasteiger partial charge in [-0.25, -0.2) is 13.1 Å². The summed E-state index contributed by atoms with van der Waals surface area (Å²) in [7, 11) is -2.05. The van der Waals surface area contributed by atoms with E-state index in [9.17, 15) is 8.42 Å². The summed E-state index contributed by atoms with van der Waals surface area (Å²) in [4.78, 5) is 0.111. The molecule has 0 aliphatic heterocycles. The van der Waals surface area contributed by atoms with E-state index in [0.29, 0.717) is 24.7 Å². The highest BCUT2D eigenvalue weighted by atomic mass is 32.2. The van der Waals surface area contributed by atoms with E-state index in [4.69, 9.17) is 15.2 Å². The lowest BCUT2D eigenvalue weighted by Gasteiger charge is -2.10. The minimum Gasteiger partial charge on any atom is -0.492 e. The van der Waals surface area contributed by atoms with Crippen molar-refractivity contribution in [2.45, 2.75) is 11.8 Å². The average Bonchev–Trinajstić information content (AvgIpc) is 2.32. The van der Waals surface area contributed by atoms with Gasteiger partial charge in [0, 0.05) is 13.7 Å². The number of ether oxygens (including phenoxy) is 2. The quantitative estimate of drug-likeness (QED) is 0.561. The summed E-state index contributed by atoms with van der Waals surface area (Å²) < 4.78 is 36.2. The van der Waals surface area contributed by atoms with Gasteiger partial charge >= 0.3 is 0 Å². The maximum Gasteiger partial charge on any atom is 0.240 e. The monoisotopic (exact) mass is 274 g/mol. The molecule has 3 N–H and O–H groups in total. The van der Waals surface area contributed by atoms with Gasteiger partial charge in [-0.2, -0.15) is 0 Å². The molecule has 1 aromatic rings. The van der Waals surface area contributed by atoms with Crippen LogP contribution in [0.2, 0.25) is 0 Å². The van der Waals surface area contributed by atoms with E-state index >= 15 is 0 Å². The molecule has 0 fully saturated rings. The molecule has 0 spiro atoms. The molecule has 0 atom stereocenters. The van der Waals surface area contributed by atoms with Crippen LogP contribution in [0.15, 0.2) is 23.1 Å². The molecule has 0 unspecified atom stereocenters.